The Morgan fingerprint density at radius 2 is 2.19 bits per heavy atom. The lowest BCUT2D eigenvalue weighted by Crippen LogP contribution is -2.03. The van der Waals surface area contributed by atoms with Crippen LogP contribution in [-0.4, -0.2) is 12.6 Å². The minimum Gasteiger partial charge on any atom is -0.454 e. The van der Waals surface area contributed by atoms with E-state index < -0.39 is 0 Å². The third-order valence-corrected chi connectivity index (χ3v) is 2.94. The number of ketones is 1. The Balaban J connectivity index is 2.54. The molecule has 4 heteroatoms. The van der Waals surface area contributed by atoms with Gasteiger partial charge in [-0.3, -0.25) is 4.79 Å². The van der Waals surface area contributed by atoms with Crippen molar-refractivity contribution in [1.82, 2.24) is 0 Å². The lowest BCUT2D eigenvalue weighted by atomic mass is 9.99. The van der Waals surface area contributed by atoms with Crippen molar-refractivity contribution in [3.05, 3.63) is 22.2 Å². The van der Waals surface area contributed by atoms with Crippen LogP contribution in [0, 0.1) is 0 Å². The van der Waals surface area contributed by atoms with E-state index in [1.165, 1.54) is 0 Å². The molecule has 1 aromatic carbocycles. The molecule has 1 aliphatic rings. The Bertz CT molecular complexity index is 440. The number of rotatable bonds is 3. The number of Topliss-reactive ketones (excluding diaryl/α,β-unsaturated/α-hetero) is 1. The smallest absolute Gasteiger partial charge is 0.231 e. The summed E-state index contributed by atoms with van der Waals surface area (Å²) >= 11 is 6.15. The molecule has 1 aliphatic heterocycles. The predicted molar refractivity (Wildman–Crippen MR) is 61.3 cm³/mol. The van der Waals surface area contributed by atoms with Gasteiger partial charge < -0.3 is 9.47 Å². The second kappa shape index (κ2) is 4.34. The van der Waals surface area contributed by atoms with Crippen molar-refractivity contribution in [2.45, 2.75) is 26.7 Å². The quantitative estimate of drug-likeness (QED) is 0.815. The van der Waals surface area contributed by atoms with E-state index in [-0.39, 0.29) is 12.6 Å². The van der Waals surface area contributed by atoms with Crippen LogP contribution < -0.4 is 9.47 Å². The second-order valence-electron chi connectivity index (χ2n) is 3.78. The molecule has 0 spiro atoms. The maximum absolute atomic E-state index is 11.2. The zero-order valence-corrected chi connectivity index (χ0v) is 10.1. The summed E-state index contributed by atoms with van der Waals surface area (Å²) in [6.45, 7) is 3.79. The lowest BCUT2D eigenvalue weighted by molar-refractivity contribution is -0.116. The highest BCUT2D eigenvalue weighted by Gasteiger charge is 2.23. The van der Waals surface area contributed by atoms with Gasteiger partial charge in [-0.2, -0.15) is 0 Å². The molecule has 0 atom stereocenters. The van der Waals surface area contributed by atoms with Gasteiger partial charge in [0.1, 0.15) is 5.78 Å². The van der Waals surface area contributed by atoms with E-state index in [4.69, 9.17) is 21.1 Å². The van der Waals surface area contributed by atoms with E-state index in [0.717, 1.165) is 23.3 Å². The largest absolute Gasteiger partial charge is 0.454 e. The first-order valence-electron chi connectivity index (χ1n) is 5.22. The van der Waals surface area contributed by atoms with Crippen LogP contribution in [0.3, 0.4) is 0 Å². The Hall–Kier alpha value is -1.22. The van der Waals surface area contributed by atoms with Crippen LogP contribution in [0.1, 0.15) is 25.0 Å². The van der Waals surface area contributed by atoms with E-state index in [1.807, 2.05) is 6.92 Å². The van der Waals surface area contributed by atoms with Crippen molar-refractivity contribution >= 4 is 17.4 Å². The van der Waals surface area contributed by atoms with Crippen molar-refractivity contribution < 1.29 is 14.3 Å². The monoisotopic (exact) mass is 240 g/mol. The Morgan fingerprint density at radius 3 is 2.81 bits per heavy atom. The number of ether oxygens (including phenoxy) is 2. The van der Waals surface area contributed by atoms with Crippen LogP contribution in [0.15, 0.2) is 6.07 Å². The van der Waals surface area contributed by atoms with Crippen LogP contribution in [0.25, 0.3) is 0 Å². The fourth-order valence-corrected chi connectivity index (χ4v) is 2.21. The predicted octanol–water partition coefficient (Wildman–Crippen LogP) is 2.76. The highest BCUT2D eigenvalue weighted by Crippen LogP contribution is 2.41. The zero-order valence-electron chi connectivity index (χ0n) is 9.30. The van der Waals surface area contributed by atoms with Crippen LogP contribution in [0.5, 0.6) is 11.5 Å². The van der Waals surface area contributed by atoms with Gasteiger partial charge in [-0.25, -0.2) is 0 Å². The molecule has 0 saturated heterocycles. The molecule has 1 heterocycles. The molecular formula is C12H13ClO3. The first-order valence-corrected chi connectivity index (χ1v) is 5.60. The molecule has 0 radical (unpaired) electrons. The number of fused-ring (bicyclic) bond motifs is 1. The van der Waals surface area contributed by atoms with Gasteiger partial charge in [0.2, 0.25) is 6.79 Å². The normalized spacial score (nSPS) is 12.9. The summed E-state index contributed by atoms with van der Waals surface area (Å²) in [5.41, 5.74) is 1.84. The summed E-state index contributed by atoms with van der Waals surface area (Å²) in [5, 5.41) is 0.580. The summed E-state index contributed by atoms with van der Waals surface area (Å²) in [6.07, 6.45) is 1.12. The van der Waals surface area contributed by atoms with Crippen molar-refractivity contribution in [2.24, 2.45) is 0 Å². The fraction of sp³-hybridized carbons (Fsp3) is 0.417. The maximum Gasteiger partial charge on any atom is 0.231 e. The molecule has 0 fully saturated rings. The highest BCUT2D eigenvalue weighted by atomic mass is 35.5. The molecule has 0 N–H and O–H groups in total. The molecule has 1 aromatic rings. The van der Waals surface area contributed by atoms with Gasteiger partial charge in [0, 0.05) is 23.1 Å². The topological polar surface area (TPSA) is 35.5 Å². The van der Waals surface area contributed by atoms with Crippen molar-refractivity contribution in [3.8, 4) is 11.5 Å². The Kier molecular flexibility index (Phi) is 3.06. The molecule has 0 bridgehead atoms. The average molecular weight is 241 g/mol. The van der Waals surface area contributed by atoms with Crippen LogP contribution in [0.2, 0.25) is 5.02 Å². The van der Waals surface area contributed by atoms with Crippen molar-refractivity contribution in [3.63, 3.8) is 0 Å². The van der Waals surface area contributed by atoms with Gasteiger partial charge >= 0.3 is 0 Å². The summed E-state index contributed by atoms with van der Waals surface area (Å²) in [6, 6.07) is 1.72. The molecule has 16 heavy (non-hydrogen) atoms. The van der Waals surface area contributed by atoms with Gasteiger partial charge in [0.25, 0.3) is 0 Å². The van der Waals surface area contributed by atoms with E-state index in [9.17, 15) is 4.79 Å². The SMILES string of the molecule is CCc1c(CC(C)=O)c(Cl)cc2c1OCO2. The Labute approximate surface area is 99.3 Å². The first-order chi connectivity index (χ1) is 7.63. The van der Waals surface area contributed by atoms with Gasteiger partial charge in [0.05, 0.1) is 0 Å². The van der Waals surface area contributed by atoms with E-state index in [1.54, 1.807) is 13.0 Å². The van der Waals surface area contributed by atoms with Gasteiger partial charge in [-0.05, 0) is 18.9 Å². The van der Waals surface area contributed by atoms with E-state index >= 15 is 0 Å². The minimum atomic E-state index is 0.0930. The molecule has 2 rings (SSSR count). The zero-order chi connectivity index (χ0) is 11.7. The number of halogens is 1. The molecule has 0 aromatic heterocycles. The van der Waals surface area contributed by atoms with Gasteiger partial charge in [-0.15, -0.1) is 0 Å². The van der Waals surface area contributed by atoms with Gasteiger partial charge in [-0.1, -0.05) is 18.5 Å². The van der Waals surface area contributed by atoms with Crippen LogP contribution in [-0.2, 0) is 17.6 Å². The maximum atomic E-state index is 11.2. The first kappa shape index (κ1) is 11.3. The number of hydrogen-bond acceptors (Lipinski definition) is 3. The van der Waals surface area contributed by atoms with Crippen molar-refractivity contribution in [2.75, 3.05) is 6.79 Å². The fourth-order valence-electron chi connectivity index (χ4n) is 1.93. The summed E-state index contributed by atoms with van der Waals surface area (Å²) < 4.78 is 10.7. The molecule has 0 amide bonds. The third kappa shape index (κ3) is 1.87. The second-order valence-corrected chi connectivity index (χ2v) is 4.19. The standard InChI is InChI=1S/C12H13ClO3/c1-3-8-9(4-7(2)14)10(13)5-11-12(8)16-6-15-11/h5H,3-4,6H2,1-2H3. The van der Waals surface area contributed by atoms with E-state index in [2.05, 4.69) is 0 Å². The molecular weight excluding hydrogens is 228 g/mol. The highest BCUT2D eigenvalue weighted by molar-refractivity contribution is 6.32. The summed E-state index contributed by atoms with van der Waals surface area (Å²) in [5.74, 6) is 1.51. The molecule has 3 nitrogen and oxygen atoms in total. The summed E-state index contributed by atoms with van der Waals surface area (Å²) in [7, 11) is 0. The Morgan fingerprint density at radius 1 is 1.44 bits per heavy atom. The molecule has 0 aliphatic carbocycles. The minimum absolute atomic E-state index is 0.0930. The number of carbonyl (C=O) groups excluding carboxylic acids is 1. The number of carbonyl (C=O) groups is 1. The molecule has 86 valence electrons. The lowest BCUT2D eigenvalue weighted by Gasteiger charge is -2.11. The third-order valence-electron chi connectivity index (χ3n) is 2.61. The van der Waals surface area contributed by atoms with Gasteiger partial charge in [0.15, 0.2) is 11.5 Å². The van der Waals surface area contributed by atoms with Crippen LogP contribution >= 0.6 is 11.6 Å². The van der Waals surface area contributed by atoms with E-state index in [0.29, 0.717) is 17.2 Å². The van der Waals surface area contributed by atoms with Crippen LogP contribution in [0.4, 0.5) is 0 Å². The van der Waals surface area contributed by atoms with Crippen molar-refractivity contribution in [1.29, 1.82) is 0 Å². The number of benzene rings is 1. The summed E-state index contributed by atoms with van der Waals surface area (Å²) in [4.78, 5) is 11.2. The average Bonchev–Trinajstić information content (AvgIpc) is 2.65. The molecule has 0 unspecified atom stereocenters. The molecule has 0 saturated carbocycles. The number of hydrogen-bond donors (Lipinski definition) is 0.